The maximum absolute atomic E-state index is 13.5. The zero-order valence-corrected chi connectivity index (χ0v) is 21.3. The van der Waals surface area contributed by atoms with Crippen LogP contribution in [0.1, 0.15) is 73.6 Å². The van der Waals surface area contributed by atoms with Crippen molar-refractivity contribution >= 4 is 12.1 Å². The highest BCUT2D eigenvalue weighted by Gasteiger charge is 2.54. The molecule has 0 bridgehead atoms. The highest BCUT2D eigenvalue weighted by Crippen LogP contribution is 2.50. The van der Waals surface area contributed by atoms with E-state index in [4.69, 9.17) is 18.9 Å². The third-order valence-electron chi connectivity index (χ3n) is 8.28. The summed E-state index contributed by atoms with van der Waals surface area (Å²) in [4.78, 5) is 25.9. The summed E-state index contributed by atoms with van der Waals surface area (Å²) < 4.78 is 22.3. The largest absolute Gasteiger partial charge is 0.513 e. The van der Waals surface area contributed by atoms with Crippen LogP contribution in [-0.4, -0.2) is 50.1 Å². The van der Waals surface area contributed by atoms with Gasteiger partial charge in [0.1, 0.15) is 5.76 Å². The Morgan fingerprint density at radius 1 is 1.00 bits per heavy atom. The van der Waals surface area contributed by atoms with E-state index in [-0.39, 0.29) is 24.5 Å². The van der Waals surface area contributed by atoms with E-state index >= 15 is 0 Å². The van der Waals surface area contributed by atoms with Crippen molar-refractivity contribution in [2.75, 3.05) is 26.4 Å². The highest BCUT2D eigenvalue weighted by atomic mass is 16.7. The monoisotopic (exact) mass is 465 g/mol. The number of carbonyl (C=O) groups is 2. The summed E-state index contributed by atoms with van der Waals surface area (Å²) in [6, 6.07) is 0. The van der Waals surface area contributed by atoms with E-state index in [0.717, 1.165) is 19.3 Å². The van der Waals surface area contributed by atoms with Crippen molar-refractivity contribution in [1.82, 2.24) is 5.32 Å². The molecule has 1 spiro atoms. The average Bonchev–Trinajstić information content (AvgIpc) is 3.02. The third kappa shape index (κ3) is 5.56. The lowest BCUT2D eigenvalue weighted by Gasteiger charge is -2.43. The minimum atomic E-state index is -0.728. The molecule has 7 heteroatoms. The molecule has 5 atom stereocenters. The molecule has 5 unspecified atom stereocenters. The van der Waals surface area contributed by atoms with Crippen LogP contribution in [0.3, 0.4) is 0 Å². The van der Waals surface area contributed by atoms with Gasteiger partial charge in [0.2, 0.25) is 0 Å². The van der Waals surface area contributed by atoms with Gasteiger partial charge in [-0.15, -0.1) is 0 Å². The van der Waals surface area contributed by atoms with Crippen LogP contribution in [0.2, 0.25) is 0 Å². The van der Waals surface area contributed by atoms with Gasteiger partial charge in [-0.2, -0.15) is 0 Å². The smallest absolute Gasteiger partial charge is 0.434 e. The van der Waals surface area contributed by atoms with Crippen LogP contribution in [0.25, 0.3) is 0 Å². The van der Waals surface area contributed by atoms with Gasteiger partial charge in [-0.3, -0.25) is 4.79 Å². The fourth-order valence-electron chi connectivity index (χ4n) is 6.27. The first-order chi connectivity index (χ1) is 15.7. The summed E-state index contributed by atoms with van der Waals surface area (Å²) in [5.74, 6) is 2.21. The minimum absolute atomic E-state index is 0.0557. The zero-order chi connectivity index (χ0) is 24.2. The van der Waals surface area contributed by atoms with Crippen LogP contribution in [0.5, 0.6) is 0 Å². The van der Waals surface area contributed by atoms with Crippen LogP contribution < -0.4 is 5.32 Å². The van der Waals surface area contributed by atoms with Crippen molar-refractivity contribution in [3.63, 3.8) is 0 Å². The fraction of sp³-hybridized carbons (Fsp3) is 0.846. The Kier molecular flexibility index (Phi) is 8.84. The lowest BCUT2D eigenvalue weighted by atomic mass is 9.61. The summed E-state index contributed by atoms with van der Waals surface area (Å²) in [5, 5.41) is 3.25. The van der Waals surface area contributed by atoms with Gasteiger partial charge in [-0.25, -0.2) is 4.79 Å². The predicted molar refractivity (Wildman–Crippen MR) is 125 cm³/mol. The molecule has 3 rings (SSSR count). The molecule has 7 nitrogen and oxygen atoms in total. The van der Waals surface area contributed by atoms with Gasteiger partial charge in [0.05, 0.1) is 37.0 Å². The molecular weight excluding hydrogens is 422 g/mol. The van der Waals surface area contributed by atoms with Crippen molar-refractivity contribution in [1.29, 1.82) is 0 Å². The quantitative estimate of drug-likeness (QED) is 0.408. The normalized spacial score (nSPS) is 36.7. The van der Waals surface area contributed by atoms with Gasteiger partial charge in [0.25, 0.3) is 5.91 Å². The van der Waals surface area contributed by atoms with Crippen molar-refractivity contribution in [3.05, 3.63) is 11.3 Å². The van der Waals surface area contributed by atoms with E-state index < -0.39 is 11.7 Å². The van der Waals surface area contributed by atoms with E-state index in [1.54, 1.807) is 6.92 Å². The molecule has 3 aliphatic rings. The first-order valence-corrected chi connectivity index (χ1v) is 12.8. The maximum atomic E-state index is 13.5. The molecule has 2 aliphatic carbocycles. The SMILES string of the molecule is CCOCCOC1CCC2(CC1)NC(=O)C(C1C(C)CC(C)C(C)C1C)=C2OC(=O)OCC. The first-order valence-electron chi connectivity index (χ1n) is 12.8. The number of hydrogen-bond donors (Lipinski definition) is 1. The molecule has 1 heterocycles. The van der Waals surface area contributed by atoms with Gasteiger partial charge >= 0.3 is 6.16 Å². The van der Waals surface area contributed by atoms with Crippen molar-refractivity contribution in [2.45, 2.75) is 85.3 Å². The molecule has 1 aliphatic heterocycles. The number of carbonyl (C=O) groups excluding carboxylic acids is 2. The summed E-state index contributed by atoms with van der Waals surface area (Å²) >= 11 is 0. The third-order valence-corrected chi connectivity index (χ3v) is 8.28. The fourth-order valence-corrected chi connectivity index (χ4v) is 6.27. The summed E-state index contributed by atoms with van der Waals surface area (Å²) in [5.41, 5.74) is 0.00236. The van der Waals surface area contributed by atoms with Gasteiger partial charge < -0.3 is 24.3 Å². The maximum Gasteiger partial charge on any atom is 0.513 e. The van der Waals surface area contributed by atoms with E-state index in [1.165, 1.54) is 0 Å². The Labute approximate surface area is 198 Å². The molecule has 0 aromatic carbocycles. The lowest BCUT2D eigenvalue weighted by Crippen LogP contribution is -2.49. The van der Waals surface area contributed by atoms with Gasteiger partial charge in [0.15, 0.2) is 0 Å². The van der Waals surface area contributed by atoms with Gasteiger partial charge in [-0.1, -0.05) is 27.7 Å². The molecule has 33 heavy (non-hydrogen) atoms. The minimum Gasteiger partial charge on any atom is -0.434 e. The zero-order valence-electron chi connectivity index (χ0n) is 21.3. The van der Waals surface area contributed by atoms with Crippen LogP contribution in [-0.2, 0) is 23.7 Å². The van der Waals surface area contributed by atoms with Crippen molar-refractivity contribution in [2.24, 2.45) is 29.6 Å². The van der Waals surface area contributed by atoms with Crippen LogP contribution in [0.15, 0.2) is 11.3 Å². The molecular formula is C26H43NO6. The molecule has 2 saturated carbocycles. The Bertz CT molecular complexity index is 726. The van der Waals surface area contributed by atoms with Gasteiger partial charge in [0, 0.05) is 6.61 Å². The number of ether oxygens (including phenoxy) is 4. The van der Waals surface area contributed by atoms with E-state index in [0.29, 0.717) is 67.7 Å². The number of amides is 1. The molecule has 0 saturated heterocycles. The van der Waals surface area contributed by atoms with Crippen LogP contribution in [0.4, 0.5) is 4.79 Å². The standard InChI is InChI=1S/C26H43NO6/c1-7-30-13-14-32-20-9-11-26(12-10-20)23(33-25(29)31-8-2)22(24(28)27-26)21-17(4)15-16(3)18(5)19(21)6/h16-21H,7-15H2,1-6H3,(H,27,28). The summed E-state index contributed by atoms with van der Waals surface area (Å²) in [6.07, 6.45) is 3.39. The molecule has 188 valence electrons. The number of hydrogen-bond acceptors (Lipinski definition) is 6. The second-order valence-electron chi connectivity index (χ2n) is 10.3. The average molecular weight is 466 g/mol. The van der Waals surface area contributed by atoms with Crippen molar-refractivity contribution < 1.29 is 28.5 Å². The Morgan fingerprint density at radius 2 is 1.70 bits per heavy atom. The Balaban J connectivity index is 1.86. The molecule has 0 aromatic heterocycles. The molecule has 1 amide bonds. The second kappa shape index (κ2) is 11.2. The molecule has 0 aromatic rings. The number of nitrogens with one attached hydrogen (secondary N) is 1. The van der Waals surface area contributed by atoms with Crippen molar-refractivity contribution in [3.8, 4) is 0 Å². The summed E-state index contributed by atoms with van der Waals surface area (Å²) in [7, 11) is 0. The lowest BCUT2D eigenvalue weighted by molar-refractivity contribution is -0.119. The molecule has 0 radical (unpaired) electrons. The first kappa shape index (κ1) is 26.0. The van der Waals surface area contributed by atoms with E-state index in [9.17, 15) is 9.59 Å². The van der Waals surface area contributed by atoms with Crippen LogP contribution in [0, 0.1) is 29.6 Å². The molecule has 2 fully saturated rings. The predicted octanol–water partition coefficient (Wildman–Crippen LogP) is 4.84. The van der Waals surface area contributed by atoms with Gasteiger partial charge in [-0.05, 0) is 75.5 Å². The second-order valence-corrected chi connectivity index (χ2v) is 10.3. The van der Waals surface area contributed by atoms with E-state index in [1.807, 2.05) is 6.92 Å². The molecule has 1 N–H and O–H groups in total. The topological polar surface area (TPSA) is 83.1 Å². The Hall–Kier alpha value is -1.60. The van der Waals surface area contributed by atoms with Crippen LogP contribution >= 0.6 is 0 Å². The summed E-state index contributed by atoms with van der Waals surface area (Å²) in [6.45, 7) is 14.8. The number of rotatable bonds is 8. The Morgan fingerprint density at radius 3 is 2.33 bits per heavy atom. The van der Waals surface area contributed by atoms with E-state index in [2.05, 4.69) is 33.0 Å². The highest BCUT2D eigenvalue weighted by molar-refractivity contribution is 5.99.